The third kappa shape index (κ3) is 0.466. The highest BCUT2D eigenvalue weighted by molar-refractivity contribution is 5.90. The lowest BCUT2D eigenvalue weighted by Crippen LogP contribution is -2.46. The minimum atomic E-state index is 0.625. The molecular weight excluding hydrogens is 114 g/mol. The van der Waals surface area contributed by atoms with Crippen LogP contribution in [0.4, 0.5) is 0 Å². The predicted octanol–water partition coefficient (Wildman–Crippen LogP) is 0.348. The van der Waals surface area contributed by atoms with Crippen molar-refractivity contribution in [2.45, 2.75) is 0 Å². The van der Waals surface area contributed by atoms with E-state index in [1.54, 1.807) is 0 Å². The minimum absolute atomic E-state index is 0.625. The lowest BCUT2D eigenvalue weighted by molar-refractivity contribution is -0.801. The van der Waals surface area contributed by atoms with Gasteiger partial charge < -0.3 is 0 Å². The van der Waals surface area contributed by atoms with Crippen LogP contribution in [-0.2, 0) is 0 Å². The number of nitrogens with zero attached hydrogens (tertiary/aromatic N) is 2. The van der Waals surface area contributed by atoms with Crippen LogP contribution in [0.2, 0.25) is 0 Å². The summed E-state index contributed by atoms with van der Waals surface area (Å²) >= 11 is 0. The number of nitrogens with one attached hydrogen (secondary N) is 1. The van der Waals surface area contributed by atoms with Crippen molar-refractivity contribution in [1.29, 1.82) is 0 Å². The molecule has 3 nitrogen and oxygen atoms in total. The number of amidine groups is 1. The van der Waals surface area contributed by atoms with E-state index in [4.69, 9.17) is 0 Å². The van der Waals surface area contributed by atoms with Crippen molar-refractivity contribution >= 4 is 5.84 Å². The molecule has 0 saturated carbocycles. The van der Waals surface area contributed by atoms with Gasteiger partial charge in [-0.1, -0.05) is 0 Å². The van der Waals surface area contributed by atoms with Gasteiger partial charge in [-0.25, -0.2) is 5.43 Å². The molecule has 0 bridgehead atoms. The number of likely N-dealkylation sites (N-methyl/N-ethyl adjacent to an activating group) is 1. The van der Waals surface area contributed by atoms with E-state index in [1.165, 1.54) is 0 Å². The molecule has 0 spiro atoms. The summed E-state index contributed by atoms with van der Waals surface area (Å²) in [6.07, 6.45) is 7.68. The van der Waals surface area contributed by atoms with E-state index in [0.717, 1.165) is 5.84 Å². The largest absolute Gasteiger partial charge is 0.258 e. The molecule has 2 rings (SSSR count). The monoisotopic (exact) mass is 122 g/mol. The summed E-state index contributed by atoms with van der Waals surface area (Å²) in [6.45, 7) is 0. The SMILES string of the molecule is C[N+]12C=CN=C1C=CN2. The van der Waals surface area contributed by atoms with E-state index >= 15 is 0 Å². The minimum Gasteiger partial charge on any atom is -0.233 e. The Kier molecular flexibility index (Phi) is 0.659. The lowest BCUT2D eigenvalue weighted by atomic mass is 10.5. The molecule has 2 heterocycles. The Morgan fingerprint density at radius 1 is 1.67 bits per heavy atom. The molecule has 0 radical (unpaired) electrons. The van der Waals surface area contributed by atoms with Crippen molar-refractivity contribution in [2.24, 2.45) is 4.99 Å². The topological polar surface area (TPSA) is 24.4 Å². The van der Waals surface area contributed by atoms with Crippen LogP contribution in [0.15, 0.2) is 29.7 Å². The van der Waals surface area contributed by atoms with Gasteiger partial charge in [0.25, 0.3) is 5.84 Å². The van der Waals surface area contributed by atoms with Crippen molar-refractivity contribution in [3.8, 4) is 0 Å². The molecule has 1 N–H and O–H groups in total. The maximum absolute atomic E-state index is 4.13. The Labute approximate surface area is 53.6 Å². The second-order valence-electron chi connectivity index (χ2n) is 2.32. The van der Waals surface area contributed by atoms with Gasteiger partial charge >= 0.3 is 0 Å². The Morgan fingerprint density at radius 2 is 2.56 bits per heavy atom. The molecule has 0 fully saturated rings. The van der Waals surface area contributed by atoms with Crippen LogP contribution in [0.5, 0.6) is 0 Å². The normalized spacial score (nSPS) is 36.3. The molecule has 3 heteroatoms. The Balaban J connectivity index is 2.48. The predicted molar refractivity (Wildman–Crippen MR) is 35.0 cm³/mol. The van der Waals surface area contributed by atoms with Crippen LogP contribution >= 0.6 is 0 Å². The van der Waals surface area contributed by atoms with E-state index in [2.05, 4.69) is 10.4 Å². The van der Waals surface area contributed by atoms with E-state index < -0.39 is 0 Å². The first-order valence-corrected chi connectivity index (χ1v) is 2.88. The van der Waals surface area contributed by atoms with E-state index in [-0.39, 0.29) is 0 Å². The maximum Gasteiger partial charge on any atom is 0.258 e. The Morgan fingerprint density at radius 3 is 3.33 bits per heavy atom. The van der Waals surface area contributed by atoms with Crippen LogP contribution < -0.4 is 5.43 Å². The summed E-state index contributed by atoms with van der Waals surface area (Å²) in [5, 5.41) is 0. The average molecular weight is 122 g/mol. The third-order valence-electron chi connectivity index (χ3n) is 1.62. The van der Waals surface area contributed by atoms with Gasteiger partial charge in [-0.2, -0.15) is 9.58 Å². The van der Waals surface area contributed by atoms with Gasteiger partial charge in [0.05, 0.1) is 12.4 Å². The number of quaternary nitrogens is 1. The third-order valence-corrected chi connectivity index (χ3v) is 1.62. The standard InChI is InChI=1S/C6H8N3/c1-9-5-4-7-6(9)2-3-8-9/h2-5,8H,1H3/q+1. The molecule has 1 unspecified atom stereocenters. The van der Waals surface area contributed by atoms with Gasteiger partial charge in [0.2, 0.25) is 0 Å². The van der Waals surface area contributed by atoms with Gasteiger partial charge in [0.15, 0.2) is 0 Å². The lowest BCUT2D eigenvalue weighted by Gasteiger charge is -2.19. The summed E-state index contributed by atoms with van der Waals surface area (Å²) < 4.78 is 0.625. The van der Waals surface area contributed by atoms with Crippen molar-refractivity contribution in [3.05, 3.63) is 24.7 Å². The molecule has 0 aromatic heterocycles. The zero-order valence-electron chi connectivity index (χ0n) is 5.20. The van der Waals surface area contributed by atoms with E-state index in [0.29, 0.717) is 4.59 Å². The second-order valence-corrected chi connectivity index (χ2v) is 2.32. The molecule has 0 aromatic rings. The quantitative estimate of drug-likeness (QED) is 0.460. The van der Waals surface area contributed by atoms with Gasteiger partial charge in [-0.3, -0.25) is 0 Å². The highest BCUT2D eigenvalue weighted by Crippen LogP contribution is 2.14. The average Bonchev–Trinajstić information content (AvgIpc) is 2.22. The van der Waals surface area contributed by atoms with Crippen molar-refractivity contribution in [2.75, 3.05) is 7.05 Å². The van der Waals surface area contributed by atoms with Crippen molar-refractivity contribution in [3.63, 3.8) is 0 Å². The summed E-state index contributed by atoms with van der Waals surface area (Å²) in [5.41, 5.74) is 3.13. The van der Waals surface area contributed by atoms with Crippen LogP contribution in [0.3, 0.4) is 0 Å². The first-order valence-electron chi connectivity index (χ1n) is 2.88. The Bertz CT molecular complexity index is 226. The number of fused-ring (bicyclic) bond motifs is 1. The number of hydrogen-bond acceptors (Lipinski definition) is 2. The fraction of sp³-hybridized carbons (Fsp3) is 0.167. The molecule has 1 atom stereocenters. The summed E-state index contributed by atoms with van der Waals surface area (Å²) in [5.74, 6) is 1.05. The van der Waals surface area contributed by atoms with E-state index in [1.807, 2.05) is 31.7 Å². The van der Waals surface area contributed by atoms with Gasteiger partial charge in [-0.15, -0.1) is 0 Å². The highest BCUT2D eigenvalue weighted by atomic mass is 15.7. The van der Waals surface area contributed by atoms with E-state index in [9.17, 15) is 0 Å². The molecule has 9 heavy (non-hydrogen) atoms. The molecule has 46 valence electrons. The fourth-order valence-electron chi connectivity index (χ4n) is 1.01. The molecule has 0 saturated heterocycles. The van der Waals surface area contributed by atoms with Crippen molar-refractivity contribution < 1.29 is 4.59 Å². The van der Waals surface area contributed by atoms with Crippen LogP contribution in [0.1, 0.15) is 0 Å². The number of hydrogen-bond donors (Lipinski definition) is 1. The smallest absolute Gasteiger partial charge is 0.233 e. The second kappa shape index (κ2) is 1.25. The molecule has 0 aliphatic carbocycles. The van der Waals surface area contributed by atoms with Gasteiger partial charge in [0.1, 0.15) is 13.2 Å². The zero-order chi connectivity index (χ0) is 6.32. The molecule has 0 aromatic carbocycles. The summed E-state index contributed by atoms with van der Waals surface area (Å²) in [4.78, 5) is 4.13. The number of aliphatic imine (C=N–C) groups is 1. The van der Waals surface area contributed by atoms with Crippen LogP contribution in [0, 0.1) is 0 Å². The summed E-state index contributed by atoms with van der Waals surface area (Å²) in [7, 11) is 2.04. The molecule has 2 aliphatic rings. The fourth-order valence-corrected chi connectivity index (χ4v) is 1.01. The first-order chi connectivity index (χ1) is 4.31. The molecule has 0 amide bonds. The van der Waals surface area contributed by atoms with Crippen LogP contribution in [-0.4, -0.2) is 17.5 Å². The first kappa shape index (κ1) is 4.76. The molecular formula is C6H8N3+. The van der Waals surface area contributed by atoms with Gasteiger partial charge in [-0.05, 0) is 0 Å². The van der Waals surface area contributed by atoms with Crippen LogP contribution in [0.25, 0.3) is 0 Å². The van der Waals surface area contributed by atoms with Gasteiger partial charge in [0, 0.05) is 6.08 Å². The number of rotatable bonds is 0. The Hall–Kier alpha value is -1.09. The highest BCUT2D eigenvalue weighted by Gasteiger charge is 2.31. The van der Waals surface area contributed by atoms with Crippen molar-refractivity contribution in [1.82, 2.24) is 5.43 Å². The summed E-state index contributed by atoms with van der Waals surface area (Å²) in [6, 6.07) is 0. The maximum atomic E-state index is 4.13. The molecule has 2 aliphatic heterocycles. The zero-order valence-corrected chi connectivity index (χ0v) is 5.20.